The summed E-state index contributed by atoms with van der Waals surface area (Å²) in [5, 5.41) is 30.8. The third kappa shape index (κ3) is 6.09. The van der Waals surface area contributed by atoms with Crippen molar-refractivity contribution >= 4 is 13.1 Å². The molecule has 0 bridgehead atoms. The molecule has 0 heterocycles. The molecule has 0 saturated heterocycles. The third-order valence-corrected chi connectivity index (χ3v) is 5.49. The molecular formula is C19H31BN2O4. The van der Waals surface area contributed by atoms with Crippen LogP contribution in [0, 0.1) is 5.92 Å². The van der Waals surface area contributed by atoms with Crippen molar-refractivity contribution in [2.45, 2.75) is 62.8 Å². The molecule has 1 aromatic rings. The first-order chi connectivity index (χ1) is 12.4. The summed E-state index contributed by atoms with van der Waals surface area (Å²) in [6, 6.07) is 10.7. The standard InChI is InChI=1S/C19H31BN2O4/c21-19(18(23)24,10-4-5-11-20(25)26)16-13-17(14-16)22-12-6-9-15-7-2-1-3-8-15/h1-3,7-8,16-17,22,25-26H,4-6,9-14,21H2,(H,23,24). The minimum Gasteiger partial charge on any atom is -0.480 e. The molecule has 6 N–H and O–H groups in total. The van der Waals surface area contributed by atoms with E-state index in [2.05, 4.69) is 17.4 Å². The van der Waals surface area contributed by atoms with Crippen LogP contribution in [0.4, 0.5) is 0 Å². The monoisotopic (exact) mass is 362 g/mol. The number of carboxylic acid groups (broad SMARTS) is 1. The van der Waals surface area contributed by atoms with E-state index in [0.717, 1.165) is 32.2 Å². The Morgan fingerprint density at radius 1 is 1.19 bits per heavy atom. The maximum Gasteiger partial charge on any atom is 0.451 e. The van der Waals surface area contributed by atoms with Gasteiger partial charge in [0.2, 0.25) is 0 Å². The Morgan fingerprint density at radius 2 is 1.88 bits per heavy atom. The average Bonchev–Trinajstić information content (AvgIpc) is 2.57. The lowest BCUT2D eigenvalue weighted by Gasteiger charge is -2.45. The van der Waals surface area contributed by atoms with Gasteiger partial charge in [0, 0.05) is 6.04 Å². The number of carbonyl (C=O) groups is 1. The summed E-state index contributed by atoms with van der Waals surface area (Å²) in [7, 11) is -1.33. The van der Waals surface area contributed by atoms with Gasteiger partial charge >= 0.3 is 13.1 Å². The molecule has 1 aliphatic carbocycles. The van der Waals surface area contributed by atoms with Crippen molar-refractivity contribution in [2.75, 3.05) is 6.54 Å². The van der Waals surface area contributed by atoms with Gasteiger partial charge in [0.15, 0.2) is 0 Å². The number of rotatable bonds is 12. The van der Waals surface area contributed by atoms with Gasteiger partial charge < -0.3 is 26.2 Å². The van der Waals surface area contributed by atoms with Gasteiger partial charge in [-0.25, -0.2) is 0 Å². The van der Waals surface area contributed by atoms with Crippen molar-refractivity contribution in [1.82, 2.24) is 5.32 Å². The Hall–Kier alpha value is -1.41. The highest BCUT2D eigenvalue weighted by atomic mass is 16.4. The summed E-state index contributed by atoms with van der Waals surface area (Å²) < 4.78 is 0. The minimum atomic E-state index is -1.33. The van der Waals surface area contributed by atoms with Crippen molar-refractivity contribution in [1.29, 1.82) is 0 Å². The lowest BCUT2D eigenvalue weighted by atomic mass is 9.66. The molecule has 1 atom stereocenters. The van der Waals surface area contributed by atoms with Crippen LogP contribution in [-0.2, 0) is 11.2 Å². The van der Waals surface area contributed by atoms with Crippen molar-refractivity contribution in [2.24, 2.45) is 11.7 Å². The summed E-state index contributed by atoms with van der Waals surface area (Å²) in [5.74, 6) is -0.972. The smallest absolute Gasteiger partial charge is 0.451 e. The first-order valence-corrected chi connectivity index (χ1v) is 9.57. The molecule has 0 radical (unpaired) electrons. The molecule has 144 valence electrons. The van der Waals surface area contributed by atoms with Crippen LogP contribution in [0.5, 0.6) is 0 Å². The highest BCUT2D eigenvalue weighted by molar-refractivity contribution is 6.40. The summed E-state index contributed by atoms with van der Waals surface area (Å²) >= 11 is 0. The number of nitrogens with one attached hydrogen (secondary N) is 1. The fourth-order valence-electron chi connectivity index (χ4n) is 3.68. The summed E-state index contributed by atoms with van der Waals surface area (Å²) in [5.41, 5.74) is 6.33. The van der Waals surface area contributed by atoms with Crippen LogP contribution in [0.2, 0.25) is 6.32 Å². The predicted octanol–water partition coefficient (Wildman–Crippen LogP) is 1.41. The topological polar surface area (TPSA) is 116 Å². The van der Waals surface area contributed by atoms with Crippen LogP contribution in [0.3, 0.4) is 0 Å². The Balaban J connectivity index is 1.65. The molecule has 1 fully saturated rings. The van der Waals surface area contributed by atoms with Gasteiger partial charge in [0.1, 0.15) is 5.54 Å². The second-order valence-corrected chi connectivity index (χ2v) is 7.48. The molecule has 7 heteroatoms. The zero-order valence-corrected chi connectivity index (χ0v) is 15.3. The fourth-order valence-corrected chi connectivity index (χ4v) is 3.68. The Kier molecular flexibility index (Phi) is 8.09. The van der Waals surface area contributed by atoms with Gasteiger partial charge in [-0.05, 0) is 56.5 Å². The van der Waals surface area contributed by atoms with Gasteiger partial charge in [-0.1, -0.05) is 43.2 Å². The highest BCUT2D eigenvalue weighted by Gasteiger charge is 2.47. The number of carboxylic acids is 1. The lowest BCUT2D eigenvalue weighted by molar-refractivity contribution is -0.148. The fraction of sp³-hybridized carbons (Fsp3) is 0.632. The number of aliphatic carboxylic acids is 1. The maximum atomic E-state index is 11.7. The van der Waals surface area contributed by atoms with E-state index >= 15 is 0 Å². The molecule has 1 aromatic carbocycles. The average molecular weight is 362 g/mol. The summed E-state index contributed by atoms with van der Waals surface area (Å²) in [4.78, 5) is 11.7. The van der Waals surface area contributed by atoms with Crippen molar-refractivity contribution < 1.29 is 19.9 Å². The second kappa shape index (κ2) is 10.1. The van der Waals surface area contributed by atoms with Crippen LogP contribution in [0.25, 0.3) is 0 Å². The van der Waals surface area contributed by atoms with Gasteiger partial charge in [-0.15, -0.1) is 0 Å². The van der Waals surface area contributed by atoms with E-state index in [4.69, 9.17) is 15.8 Å². The zero-order valence-electron chi connectivity index (χ0n) is 15.3. The molecule has 0 amide bonds. The Labute approximate surface area is 155 Å². The third-order valence-electron chi connectivity index (χ3n) is 5.49. The van der Waals surface area contributed by atoms with Crippen LogP contribution >= 0.6 is 0 Å². The van der Waals surface area contributed by atoms with Crippen LogP contribution in [0.1, 0.15) is 44.1 Å². The van der Waals surface area contributed by atoms with E-state index in [-0.39, 0.29) is 12.2 Å². The van der Waals surface area contributed by atoms with Gasteiger partial charge in [-0.3, -0.25) is 4.79 Å². The van der Waals surface area contributed by atoms with Crippen molar-refractivity contribution in [3.05, 3.63) is 35.9 Å². The van der Waals surface area contributed by atoms with Gasteiger partial charge in [0.05, 0.1) is 0 Å². The van der Waals surface area contributed by atoms with E-state index in [0.29, 0.717) is 25.3 Å². The number of hydrogen-bond acceptors (Lipinski definition) is 5. The zero-order chi connectivity index (χ0) is 19.0. The van der Waals surface area contributed by atoms with Crippen molar-refractivity contribution in [3.63, 3.8) is 0 Å². The van der Waals surface area contributed by atoms with Crippen LogP contribution in [-0.4, -0.2) is 46.4 Å². The van der Waals surface area contributed by atoms with E-state index in [9.17, 15) is 9.90 Å². The van der Waals surface area contributed by atoms with Crippen LogP contribution in [0.15, 0.2) is 30.3 Å². The highest BCUT2D eigenvalue weighted by Crippen LogP contribution is 2.38. The Morgan fingerprint density at radius 3 is 2.50 bits per heavy atom. The predicted molar refractivity (Wildman–Crippen MR) is 103 cm³/mol. The van der Waals surface area contributed by atoms with E-state index in [1.165, 1.54) is 5.56 Å². The second-order valence-electron chi connectivity index (χ2n) is 7.48. The molecular weight excluding hydrogens is 331 g/mol. The van der Waals surface area contributed by atoms with Crippen molar-refractivity contribution in [3.8, 4) is 0 Å². The molecule has 0 aliphatic heterocycles. The normalized spacial score (nSPS) is 21.7. The molecule has 6 nitrogen and oxygen atoms in total. The van der Waals surface area contributed by atoms with E-state index < -0.39 is 18.6 Å². The maximum absolute atomic E-state index is 11.7. The van der Waals surface area contributed by atoms with E-state index in [1.54, 1.807) is 0 Å². The number of benzene rings is 1. The lowest BCUT2D eigenvalue weighted by Crippen LogP contribution is -2.61. The van der Waals surface area contributed by atoms with E-state index in [1.807, 2.05) is 18.2 Å². The SMILES string of the molecule is NC(CCCCB(O)O)(C(=O)O)C1CC(NCCCc2ccccc2)C1. The summed E-state index contributed by atoms with van der Waals surface area (Å²) in [6.07, 6.45) is 5.46. The van der Waals surface area contributed by atoms with Gasteiger partial charge in [-0.2, -0.15) is 0 Å². The summed E-state index contributed by atoms with van der Waals surface area (Å²) in [6.45, 7) is 0.922. The first-order valence-electron chi connectivity index (χ1n) is 9.57. The molecule has 0 spiro atoms. The molecule has 0 aromatic heterocycles. The number of hydrogen-bond donors (Lipinski definition) is 5. The minimum absolute atomic E-state index is 0.0225. The van der Waals surface area contributed by atoms with Crippen LogP contribution < -0.4 is 11.1 Å². The first kappa shape index (κ1) is 20.9. The molecule has 26 heavy (non-hydrogen) atoms. The molecule has 1 aliphatic rings. The molecule has 2 rings (SSSR count). The van der Waals surface area contributed by atoms with Gasteiger partial charge in [0.25, 0.3) is 0 Å². The Bertz CT molecular complexity index is 552. The largest absolute Gasteiger partial charge is 0.480 e. The molecule has 1 saturated carbocycles. The molecule has 1 unspecified atom stereocenters. The number of unbranched alkanes of at least 4 members (excludes halogenated alkanes) is 1. The number of aryl methyl sites for hydroxylation is 1. The quantitative estimate of drug-likeness (QED) is 0.284. The number of nitrogens with two attached hydrogens (primary N) is 1.